The molecule has 1 N–H and O–H groups in total. The fourth-order valence-electron chi connectivity index (χ4n) is 2.63. The molecule has 0 saturated carbocycles. The lowest BCUT2D eigenvalue weighted by atomic mass is 9.99. The number of fused-ring (bicyclic) bond motifs is 1. The first-order valence-electron chi connectivity index (χ1n) is 7.37. The molecule has 0 amide bonds. The summed E-state index contributed by atoms with van der Waals surface area (Å²) < 4.78 is 30.9. The van der Waals surface area contributed by atoms with Gasteiger partial charge in [-0.05, 0) is 32.0 Å². The van der Waals surface area contributed by atoms with E-state index in [1.807, 2.05) is 19.1 Å². The number of carbonyl (C=O) groups is 1. The van der Waals surface area contributed by atoms with Crippen LogP contribution in [-0.4, -0.2) is 20.5 Å². The highest BCUT2D eigenvalue weighted by Crippen LogP contribution is 2.30. The van der Waals surface area contributed by atoms with Gasteiger partial charge in [-0.25, -0.2) is 8.42 Å². The predicted molar refractivity (Wildman–Crippen MR) is 94.0 cm³/mol. The fourth-order valence-corrected chi connectivity index (χ4v) is 3.18. The van der Waals surface area contributed by atoms with Crippen molar-refractivity contribution < 1.29 is 17.6 Å². The average molecular weight is 343 g/mol. The molecule has 3 aromatic rings. The summed E-state index contributed by atoms with van der Waals surface area (Å²) in [4.78, 5) is 12.9. The highest BCUT2D eigenvalue weighted by Gasteiger charge is 2.20. The number of ketones is 1. The average Bonchev–Trinajstić information content (AvgIpc) is 2.81. The SMILES string of the molecule is Cc1ccc(C(=O)c2c(C)oc3ccc(NS(C)(=O)=O)cc23)cc1. The van der Waals surface area contributed by atoms with E-state index in [9.17, 15) is 13.2 Å². The number of anilines is 1. The molecule has 0 atom stereocenters. The number of hydrogen-bond donors (Lipinski definition) is 1. The molecule has 3 rings (SSSR count). The van der Waals surface area contributed by atoms with E-state index in [4.69, 9.17) is 4.42 Å². The summed E-state index contributed by atoms with van der Waals surface area (Å²) in [5.41, 5.74) is 3.02. The molecule has 0 fully saturated rings. The highest BCUT2D eigenvalue weighted by atomic mass is 32.2. The van der Waals surface area contributed by atoms with Crippen LogP contribution < -0.4 is 4.72 Å². The van der Waals surface area contributed by atoms with Crippen molar-refractivity contribution in [2.45, 2.75) is 13.8 Å². The molecule has 1 heterocycles. The van der Waals surface area contributed by atoms with Crippen LogP contribution in [0.5, 0.6) is 0 Å². The number of nitrogens with one attached hydrogen (secondary N) is 1. The van der Waals surface area contributed by atoms with E-state index < -0.39 is 10.0 Å². The Balaban J connectivity index is 2.12. The van der Waals surface area contributed by atoms with Gasteiger partial charge in [-0.1, -0.05) is 29.8 Å². The molecule has 1 aromatic heterocycles. The van der Waals surface area contributed by atoms with Crippen molar-refractivity contribution in [3.63, 3.8) is 0 Å². The Hall–Kier alpha value is -2.60. The Morgan fingerprint density at radius 2 is 1.71 bits per heavy atom. The number of sulfonamides is 1. The van der Waals surface area contributed by atoms with Crippen molar-refractivity contribution in [3.05, 3.63) is 64.9 Å². The summed E-state index contributed by atoms with van der Waals surface area (Å²) in [6.45, 7) is 3.68. The van der Waals surface area contributed by atoms with Gasteiger partial charge in [0.05, 0.1) is 11.8 Å². The van der Waals surface area contributed by atoms with Gasteiger partial charge in [0, 0.05) is 16.6 Å². The summed E-state index contributed by atoms with van der Waals surface area (Å²) in [6.07, 6.45) is 1.08. The van der Waals surface area contributed by atoms with Gasteiger partial charge < -0.3 is 4.42 Å². The molecular formula is C18H17NO4S. The van der Waals surface area contributed by atoms with Gasteiger partial charge >= 0.3 is 0 Å². The molecule has 0 saturated heterocycles. The fraction of sp³-hybridized carbons (Fsp3) is 0.167. The number of hydrogen-bond acceptors (Lipinski definition) is 4. The van der Waals surface area contributed by atoms with Crippen LogP contribution >= 0.6 is 0 Å². The normalized spacial score (nSPS) is 11.6. The summed E-state index contributed by atoms with van der Waals surface area (Å²) >= 11 is 0. The second-order valence-corrected chi connectivity index (χ2v) is 7.56. The van der Waals surface area contributed by atoms with E-state index in [0.29, 0.717) is 33.5 Å². The van der Waals surface area contributed by atoms with E-state index >= 15 is 0 Å². The second kappa shape index (κ2) is 5.79. The van der Waals surface area contributed by atoms with Gasteiger partial charge in [0.1, 0.15) is 11.3 Å². The van der Waals surface area contributed by atoms with Crippen molar-refractivity contribution in [1.29, 1.82) is 0 Å². The van der Waals surface area contributed by atoms with E-state index in [-0.39, 0.29) is 5.78 Å². The Kier molecular flexibility index (Phi) is 3.93. The number of benzene rings is 2. The minimum Gasteiger partial charge on any atom is -0.461 e. The van der Waals surface area contributed by atoms with Crippen molar-refractivity contribution in [3.8, 4) is 0 Å². The summed E-state index contributed by atoms with van der Waals surface area (Å²) in [6, 6.07) is 12.2. The van der Waals surface area contributed by atoms with Gasteiger partial charge in [-0.2, -0.15) is 0 Å². The molecule has 0 aliphatic carbocycles. The van der Waals surface area contributed by atoms with Crippen molar-refractivity contribution in [1.82, 2.24) is 0 Å². The molecule has 124 valence electrons. The number of carbonyl (C=O) groups excluding carboxylic acids is 1. The van der Waals surface area contributed by atoms with Crippen molar-refractivity contribution in [2.75, 3.05) is 11.0 Å². The Bertz CT molecular complexity index is 1030. The molecule has 5 nitrogen and oxygen atoms in total. The molecule has 2 aromatic carbocycles. The van der Waals surface area contributed by atoms with E-state index in [1.165, 1.54) is 0 Å². The molecule has 0 spiro atoms. The standard InChI is InChI=1S/C18H17NO4S/c1-11-4-6-13(7-5-11)18(20)17-12(2)23-16-9-8-14(10-15(16)17)19-24(3,21)22/h4-10,19H,1-3H3. The molecular weight excluding hydrogens is 326 g/mol. The molecule has 0 aliphatic rings. The third-order valence-corrected chi connectivity index (χ3v) is 4.31. The van der Waals surface area contributed by atoms with E-state index in [2.05, 4.69) is 4.72 Å². The zero-order valence-corrected chi connectivity index (χ0v) is 14.4. The minimum absolute atomic E-state index is 0.150. The van der Waals surface area contributed by atoms with Crippen LogP contribution in [0.2, 0.25) is 0 Å². The number of aryl methyl sites for hydroxylation is 2. The van der Waals surface area contributed by atoms with Crippen LogP contribution in [0, 0.1) is 13.8 Å². The molecule has 0 aliphatic heterocycles. The molecule has 0 bridgehead atoms. The van der Waals surface area contributed by atoms with Gasteiger partial charge in [0.15, 0.2) is 5.78 Å². The molecule has 0 unspecified atom stereocenters. The first-order chi connectivity index (χ1) is 11.2. The number of rotatable bonds is 4. The minimum atomic E-state index is -3.39. The third-order valence-electron chi connectivity index (χ3n) is 3.71. The van der Waals surface area contributed by atoms with Gasteiger partial charge in [-0.15, -0.1) is 0 Å². The van der Waals surface area contributed by atoms with E-state index in [1.54, 1.807) is 37.3 Å². The molecule has 0 radical (unpaired) electrons. The van der Waals surface area contributed by atoms with Crippen LogP contribution in [0.4, 0.5) is 5.69 Å². The van der Waals surface area contributed by atoms with Crippen molar-refractivity contribution in [2.24, 2.45) is 0 Å². The van der Waals surface area contributed by atoms with Crippen LogP contribution in [-0.2, 0) is 10.0 Å². The van der Waals surface area contributed by atoms with Crippen LogP contribution in [0.1, 0.15) is 27.2 Å². The van der Waals surface area contributed by atoms with Crippen LogP contribution in [0.25, 0.3) is 11.0 Å². The zero-order chi connectivity index (χ0) is 17.5. The lowest BCUT2D eigenvalue weighted by molar-refractivity contribution is 0.103. The van der Waals surface area contributed by atoms with Crippen LogP contribution in [0.3, 0.4) is 0 Å². The Morgan fingerprint density at radius 3 is 2.33 bits per heavy atom. The largest absolute Gasteiger partial charge is 0.461 e. The third kappa shape index (κ3) is 3.19. The topological polar surface area (TPSA) is 76.4 Å². The summed E-state index contributed by atoms with van der Waals surface area (Å²) in [5.74, 6) is 0.356. The molecule has 24 heavy (non-hydrogen) atoms. The highest BCUT2D eigenvalue weighted by molar-refractivity contribution is 7.92. The zero-order valence-electron chi connectivity index (χ0n) is 13.6. The maximum absolute atomic E-state index is 12.9. The van der Waals surface area contributed by atoms with Gasteiger partial charge in [0.25, 0.3) is 0 Å². The second-order valence-electron chi connectivity index (χ2n) is 5.81. The van der Waals surface area contributed by atoms with Crippen molar-refractivity contribution >= 4 is 32.5 Å². The van der Waals surface area contributed by atoms with Gasteiger partial charge in [-0.3, -0.25) is 9.52 Å². The smallest absolute Gasteiger partial charge is 0.229 e. The van der Waals surface area contributed by atoms with Crippen LogP contribution in [0.15, 0.2) is 46.9 Å². The number of furan rings is 1. The first-order valence-corrected chi connectivity index (χ1v) is 9.26. The maximum Gasteiger partial charge on any atom is 0.229 e. The molecule has 6 heteroatoms. The first kappa shape index (κ1) is 16.3. The Labute approximate surface area is 140 Å². The van der Waals surface area contributed by atoms with Gasteiger partial charge in [0.2, 0.25) is 10.0 Å². The lowest BCUT2D eigenvalue weighted by Gasteiger charge is -2.04. The Morgan fingerprint density at radius 1 is 1.04 bits per heavy atom. The van der Waals surface area contributed by atoms with E-state index in [0.717, 1.165) is 11.8 Å². The maximum atomic E-state index is 12.9. The lowest BCUT2D eigenvalue weighted by Crippen LogP contribution is -2.09. The summed E-state index contributed by atoms with van der Waals surface area (Å²) in [7, 11) is -3.39. The quantitative estimate of drug-likeness (QED) is 0.734. The monoisotopic (exact) mass is 343 g/mol. The predicted octanol–water partition coefficient (Wildman–Crippen LogP) is 3.65. The summed E-state index contributed by atoms with van der Waals surface area (Å²) in [5, 5.41) is 0.590.